The van der Waals surface area contributed by atoms with Crippen LogP contribution >= 0.6 is 0 Å². The van der Waals surface area contributed by atoms with Gasteiger partial charge in [0.15, 0.2) is 0 Å². The molecule has 2 aromatic rings. The summed E-state index contributed by atoms with van der Waals surface area (Å²) in [5.74, 6) is 10.1. The molecule has 290 valence electrons. The lowest BCUT2D eigenvalue weighted by molar-refractivity contribution is -0.347. The lowest BCUT2D eigenvalue weighted by atomic mass is 9.88. The first-order valence-electron chi connectivity index (χ1n) is 22.6. The van der Waals surface area contributed by atoms with Gasteiger partial charge in [-0.3, -0.25) is 0 Å². The maximum absolute atomic E-state index is 10.1. The Morgan fingerprint density at radius 3 is 1.23 bits per heavy atom. The molecule has 0 bridgehead atoms. The van der Waals surface area contributed by atoms with Crippen molar-refractivity contribution >= 4 is 11.4 Å². The van der Waals surface area contributed by atoms with Crippen LogP contribution in [-0.4, -0.2) is 10.4 Å². The van der Waals surface area contributed by atoms with Crippen molar-refractivity contribution in [2.45, 2.75) is 215 Å². The molecule has 0 saturated carbocycles. The largest absolute Gasteiger partial charge is 0.448 e. The summed E-state index contributed by atoms with van der Waals surface area (Å²) in [5, 5.41) is 0. The van der Waals surface area contributed by atoms with Gasteiger partial charge in [0.25, 0.3) is 0 Å². The topological polar surface area (TPSA) is 26.8 Å². The third kappa shape index (κ3) is 14.7. The zero-order valence-corrected chi connectivity index (χ0v) is 35.1. The van der Waals surface area contributed by atoms with E-state index in [1.807, 2.05) is 4.68 Å². The zero-order valence-electron chi connectivity index (χ0n) is 35.1. The highest BCUT2D eigenvalue weighted by molar-refractivity contribution is 6.16. The van der Waals surface area contributed by atoms with Crippen LogP contribution in [0.5, 0.6) is 0 Å². The van der Waals surface area contributed by atoms with Crippen LogP contribution in [0.25, 0.3) is 11.5 Å². The molecular weight excluding hydrogens is 629 g/mol. The maximum Gasteiger partial charge on any atom is 0.215 e. The zero-order chi connectivity index (χ0) is 37.4. The number of aryl methyl sites for hydroxylation is 4. The van der Waals surface area contributed by atoms with Gasteiger partial charge >= 0.3 is 0 Å². The summed E-state index contributed by atoms with van der Waals surface area (Å²) in [7, 11) is 0. The molecule has 0 aliphatic carbocycles. The molecule has 0 fully saturated rings. The predicted octanol–water partition coefficient (Wildman–Crippen LogP) is 16.1. The fourth-order valence-corrected chi connectivity index (χ4v) is 8.11. The SMILES string of the molecule is CCCCCCCC=C1C(CCCCCC)=C(c2cc(CCCCC)cc(CCCCC)c2)[N+]([NH-])=C1c1cc(CCCCC)cc(CCCCC)c1. The first kappa shape index (κ1) is 43.8. The van der Waals surface area contributed by atoms with E-state index in [1.54, 1.807) is 0 Å². The van der Waals surface area contributed by atoms with Crippen molar-refractivity contribution in [3.63, 3.8) is 0 Å². The minimum Gasteiger partial charge on any atom is -0.448 e. The Kier molecular flexibility index (Phi) is 22.1. The van der Waals surface area contributed by atoms with Crippen LogP contribution in [0.1, 0.15) is 223 Å². The number of nitrogens with one attached hydrogen (secondary N) is 1. The van der Waals surface area contributed by atoms with Gasteiger partial charge in [-0.05, 0) is 124 Å². The molecule has 1 aliphatic rings. The van der Waals surface area contributed by atoms with Crippen LogP contribution in [0.2, 0.25) is 0 Å². The van der Waals surface area contributed by atoms with E-state index in [1.165, 1.54) is 185 Å². The van der Waals surface area contributed by atoms with Gasteiger partial charge in [0.05, 0.1) is 5.57 Å². The van der Waals surface area contributed by atoms with Crippen LogP contribution in [0.3, 0.4) is 0 Å². The van der Waals surface area contributed by atoms with Crippen molar-refractivity contribution in [1.29, 1.82) is 0 Å². The van der Waals surface area contributed by atoms with Crippen molar-refractivity contribution in [3.8, 4) is 0 Å². The quantitative estimate of drug-likeness (QED) is 0.0594. The average Bonchev–Trinajstić information content (AvgIpc) is 3.42. The molecule has 0 radical (unpaired) electrons. The number of unbranched alkanes of at least 4 members (excludes halogenated alkanes) is 16. The molecule has 0 saturated heterocycles. The van der Waals surface area contributed by atoms with Gasteiger partial charge < -0.3 is 5.84 Å². The normalized spacial score (nSPS) is 14.1. The average molecular weight is 709 g/mol. The second-order valence-corrected chi connectivity index (χ2v) is 16.0. The molecule has 1 N–H and O–H groups in total. The third-order valence-corrected chi connectivity index (χ3v) is 11.2. The molecule has 0 aromatic heterocycles. The van der Waals surface area contributed by atoms with E-state index < -0.39 is 0 Å². The van der Waals surface area contributed by atoms with Gasteiger partial charge in [-0.25, -0.2) is 4.68 Å². The fraction of sp³-hybridized carbons (Fsp3) is 0.660. The first-order valence-corrected chi connectivity index (χ1v) is 22.6. The van der Waals surface area contributed by atoms with E-state index >= 15 is 0 Å². The molecule has 52 heavy (non-hydrogen) atoms. The Balaban J connectivity index is 2.25. The third-order valence-electron chi connectivity index (χ3n) is 11.2. The number of nitrogens with zero attached hydrogens (tertiary/aromatic N) is 1. The summed E-state index contributed by atoms with van der Waals surface area (Å²) in [6.07, 6.45) is 35.8. The Hall–Kier alpha value is -2.61. The highest BCUT2D eigenvalue weighted by Gasteiger charge is 2.35. The van der Waals surface area contributed by atoms with E-state index in [0.29, 0.717) is 0 Å². The molecule has 0 unspecified atom stereocenters. The summed E-state index contributed by atoms with van der Waals surface area (Å²) in [4.78, 5) is 0. The summed E-state index contributed by atoms with van der Waals surface area (Å²) in [5.41, 5.74) is 13.5. The highest BCUT2D eigenvalue weighted by atomic mass is 15.3. The van der Waals surface area contributed by atoms with Crippen LogP contribution in [0, 0.1) is 0 Å². The number of allylic oxidation sites excluding steroid dienone is 3. The maximum atomic E-state index is 10.1. The van der Waals surface area contributed by atoms with Gasteiger partial charge in [0.1, 0.15) is 0 Å². The highest BCUT2D eigenvalue weighted by Crippen LogP contribution is 2.39. The predicted molar refractivity (Wildman–Crippen MR) is 232 cm³/mol. The van der Waals surface area contributed by atoms with E-state index in [4.69, 9.17) is 0 Å². The van der Waals surface area contributed by atoms with Gasteiger partial charge in [0.2, 0.25) is 11.4 Å². The fourth-order valence-electron chi connectivity index (χ4n) is 8.11. The second kappa shape index (κ2) is 26.2. The van der Waals surface area contributed by atoms with Crippen LogP contribution in [-0.2, 0) is 25.7 Å². The monoisotopic (exact) mass is 709 g/mol. The van der Waals surface area contributed by atoms with E-state index in [-0.39, 0.29) is 0 Å². The Bertz CT molecular complexity index is 1330. The van der Waals surface area contributed by atoms with Gasteiger partial charge in [-0.15, -0.1) is 0 Å². The lowest BCUT2D eigenvalue weighted by Gasteiger charge is -2.14. The summed E-state index contributed by atoms with van der Waals surface area (Å²) in [6.45, 7) is 13.9. The van der Waals surface area contributed by atoms with Gasteiger partial charge in [0, 0.05) is 16.7 Å². The number of hydrogen-bond donors (Lipinski definition) is 0. The number of benzene rings is 2. The Labute approximate surface area is 322 Å². The summed E-state index contributed by atoms with van der Waals surface area (Å²) < 4.78 is 1.92. The molecule has 2 aromatic carbocycles. The molecule has 0 atom stereocenters. The van der Waals surface area contributed by atoms with Gasteiger partial charge in [-0.1, -0.05) is 156 Å². The molecule has 2 nitrogen and oxygen atoms in total. The molecular formula is C50H80N2. The van der Waals surface area contributed by atoms with Crippen molar-refractivity contribution in [1.82, 2.24) is 0 Å². The van der Waals surface area contributed by atoms with Crippen molar-refractivity contribution in [2.24, 2.45) is 0 Å². The van der Waals surface area contributed by atoms with Crippen LogP contribution in [0.15, 0.2) is 53.6 Å². The standard InChI is InChI=1S/C50H80N2/c1-7-13-19-21-22-28-34-48-47(33-27-20-14-8-2)49(45-37-41(29-23-15-9-3)35-42(38-45)30-24-16-10-4)52(51)50(48)46-39-43(31-25-17-11-5)36-44(40-46)32-26-18-12-6/h34-40,51H,7-33H2,1-6H3. The van der Waals surface area contributed by atoms with Crippen molar-refractivity contribution in [2.75, 3.05) is 0 Å². The summed E-state index contributed by atoms with van der Waals surface area (Å²) >= 11 is 0. The molecule has 1 aliphatic heterocycles. The van der Waals surface area contributed by atoms with E-state index in [9.17, 15) is 5.84 Å². The molecule has 1 heterocycles. The van der Waals surface area contributed by atoms with Crippen molar-refractivity contribution in [3.05, 3.63) is 92.8 Å². The minimum atomic E-state index is 1.06. The first-order chi connectivity index (χ1) is 25.5. The second-order valence-electron chi connectivity index (χ2n) is 16.0. The van der Waals surface area contributed by atoms with Crippen LogP contribution in [0.4, 0.5) is 0 Å². The van der Waals surface area contributed by atoms with Gasteiger partial charge in [-0.2, -0.15) is 0 Å². The molecule has 0 spiro atoms. The van der Waals surface area contributed by atoms with Crippen LogP contribution < -0.4 is 0 Å². The Morgan fingerprint density at radius 1 is 0.423 bits per heavy atom. The van der Waals surface area contributed by atoms with Crippen molar-refractivity contribution < 1.29 is 4.68 Å². The van der Waals surface area contributed by atoms with E-state index in [2.05, 4.69) is 84.0 Å². The number of rotatable bonds is 29. The van der Waals surface area contributed by atoms with E-state index in [0.717, 1.165) is 44.2 Å². The minimum absolute atomic E-state index is 1.06. The number of hydrogen-bond acceptors (Lipinski definition) is 0. The lowest BCUT2D eigenvalue weighted by Crippen LogP contribution is -2.13. The Morgan fingerprint density at radius 2 is 0.788 bits per heavy atom. The molecule has 2 heteroatoms. The molecule has 0 amide bonds. The summed E-state index contributed by atoms with van der Waals surface area (Å²) in [6, 6.07) is 14.9. The smallest absolute Gasteiger partial charge is 0.215 e. The molecule has 3 rings (SSSR count).